The zero-order valence-corrected chi connectivity index (χ0v) is 16.3. The van der Waals surface area contributed by atoms with Crippen molar-refractivity contribution in [2.75, 3.05) is 0 Å². The Morgan fingerprint density at radius 2 is 1.22 bits per heavy atom. The molecule has 1 heteroatoms. The van der Waals surface area contributed by atoms with E-state index >= 15 is 0 Å². The maximum atomic E-state index is 9.49. The molecule has 0 radical (unpaired) electrons. The maximum absolute atomic E-state index is 9.49. The molecule has 0 saturated heterocycles. The van der Waals surface area contributed by atoms with Gasteiger partial charge in [-0.05, 0) is 91.3 Å². The third-order valence-corrected chi connectivity index (χ3v) is 6.18. The first-order valence-electron chi connectivity index (χ1n) is 10.1. The lowest BCUT2D eigenvalue weighted by molar-refractivity contribution is 0.396. The lowest BCUT2D eigenvalue weighted by atomic mass is 9.76. The van der Waals surface area contributed by atoms with Crippen LogP contribution in [0.4, 0.5) is 0 Å². The molecule has 1 saturated carbocycles. The van der Waals surface area contributed by atoms with Gasteiger partial charge >= 0.3 is 0 Å². The Morgan fingerprint density at radius 3 is 1.81 bits per heavy atom. The second-order valence-corrected chi connectivity index (χ2v) is 8.08. The van der Waals surface area contributed by atoms with Crippen LogP contribution in [0, 0.1) is 13.8 Å². The number of phenols is 1. The van der Waals surface area contributed by atoms with Gasteiger partial charge in [-0.1, -0.05) is 60.2 Å². The van der Waals surface area contributed by atoms with Crippen LogP contribution in [0.5, 0.6) is 5.75 Å². The van der Waals surface area contributed by atoms with Crippen LogP contribution in [0.25, 0.3) is 11.1 Å². The summed E-state index contributed by atoms with van der Waals surface area (Å²) in [5.74, 6) is 1.66. The van der Waals surface area contributed by atoms with Crippen LogP contribution < -0.4 is 0 Å². The smallest absolute Gasteiger partial charge is 0.115 e. The summed E-state index contributed by atoms with van der Waals surface area (Å²) < 4.78 is 0. The molecule has 27 heavy (non-hydrogen) atoms. The molecule has 4 rings (SSSR count). The molecule has 0 heterocycles. The van der Waals surface area contributed by atoms with E-state index in [0.29, 0.717) is 17.6 Å². The molecule has 0 atom stereocenters. The van der Waals surface area contributed by atoms with Crippen LogP contribution in [0.15, 0.2) is 66.7 Å². The van der Waals surface area contributed by atoms with E-state index in [4.69, 9.17) is 0 Å². The molecule has 3 aromatic rings. The average Bonchev–Trinajstić information content (AvgIpc) is 2.69. The van der Waals surface area contributed by atoms with Gasteiger partial charge in [0, 0.05) is 0 Å². The van der Waals surface area contributed by atoms with Crippen molar-refractivity contribution in [1.29, 1.82) is 0 Å². The van der Waals surface area contributed by atoms with Gasteiger partial charge in [-0.15, -0.1) is 0 Å². The first-order valence-corrected chi connectivity index (χ1v) is 10.1. The molecule has 1 nitrogen and oxygen atoms in total. The van der Waals surface area contributed by atoms with Crippen LogP contribution in [-0.4, -0.2) is 5.11 Å². The summed E-state index contributed by atoms with van der Waals surface area (Å²) >= 11 is 0. The van der Waals surface area contributed by atoms with Crippen molar-refractivity contribution in [2.24, 2.45) is 0 Å². The van der Waals surface area contributed by atoms with Gasteiger partial charge in [0.1, 0.15) is 5.75 Å². The largest absolute Gasteiger partial charge is 0.508 e. The third kappa shape index (κ3) is 3.93. The fraction of sp³-hybridized carbons (Fsp3) is 0.308. The van der Waals surface area contributed by atoms with Gasteiger partial charge in [0.2, 0.25) is 0 Å². The molecule has 0 aliphatic heterocycles. The summed E-state index contributed by atoms with van der Waals surface area (Å²) in [7, 11) is 0. The summed E-state index contributed by atoms with van der Waals surface area (Å²) in [6.45, 7) is 4.37. The van der Waals surface area contributed by atoms with E-state index in [9.17, 15) is 5.11 Å². The highest BCUT2D eigenvalue weighted by Crippen LogP contribution is 2.41. The average molecular weight is 357 g/mol. The lowest BCUT2D eigenvalue weighted by Gasteiger charge is -2.29. The Balaban J connectivity index is 1.46. The number of aromatic hydroxyl groups is 1. The molecule has 1 aliphatic rings. The van der Waals surface area contributed by atoms with E-state index in [1.165, 1.54) is 59.1 Å². The highest BCUT2D eigenvalue weighted by atomic mass is 16.3. The minimum absolute atomic E-state index is 0.358. The number of hydrogen-bond donors (Lipinski definition) is 1. The Hall–Kier alpha value is -2.54. The van der Waals surface area contributed by atoms with E-state index in [1.54, 1.807) is 0 Å². The second kappa shape index (κ2) is 7.60. The predicted molar refractivity (Wildman–Crippen MR) is 113 cm³/mol. The summed E-state index contributed by atoms with van der Waals surface area (Å²) in [6, 6.07) is 23.7. The van der Waals surface area contributed by atoms with E-state index in [2.05, 4.69) is 68.4 Å². The van der Waals surface area contributed by atoms with Gasteiger partial charge < -0.3 is 5.11 Å². The van der Waals surface area contributed by atoms with Crippen molar-refractivity contribution in [1.82, 2.24) is 0 Å². The Bertz CT molecular complexity index is 898. The van der Waals surface area contributed by atoms with E-state index in [0.717, 1.165) is 0 Å². The molecule has 0 bridgehead atoms. The molecule has 0 unspecified atom stereocenters. The Morgan fingerprint density at radius 1 is 0.667 bits per heavy atom. The minimum Gasteiger partial charge on any atom is -0.508 e. The number of aryl methyl sites for hydroxylation is 2. The van der Waals surface area contributed by atoms with Crippen molar-refractivity contribution >= 4 is 0 Å². The number of rotatable bonds is 3. The number of benzene rings is 3. The summed E-state index contributed by atoms with van der Waals surface area (Å²) in [5, 5.41) is 9.49. The van der Waals surface area contributed by atoms with Gasteiger partial charge in [0.25, 0.3) is 0 Å². The van der Waals surface area contributed by atoms with Gasteiger partial charge in [0.05, 0.1) is 0 Å². The number of phenolic OH excluding ortho intramolecular Hbond substituents is 1. The fourth-order valence-corrected chi connectivity index (χ4v) is 4.50. The van der Waals surface area contributed by atoms with Crippen LogP contribution in [0.2, 0.25) is 0 Å². The number of hydrogen-bond acceptors (Lipinski definition) is 1. The highest BCUT2D eigenvalue weighted by Gasteiger charge is 2.23. The maximum Gasteiger partial charge on any atom is 0.115 e. The van der Waals surface area contributed by atoms with Crippen molar-refractivity contribution in [2.45, 2.75) is 51.4 Å². The van der Waals surface area contributed by atoms with E-state index in [-0.39, 0.29) is 0 Å². The van der Waals surface area contributed by atoms with Crippen molar-refractivity contribution < 1.29 is 5.11 Å². The summed E-state index contributed by atoms with van der Waals surface area (Å²) in [4.78, 5) is 0. The normalized spacial score (nSPS) is 19.8. The zero-order valence-electron chi connectivity index (χ0n) is 16.3. The first kappa shape index (κ1) is 17.9. The topological polar surface area (TPSA) is 20.2 Å². The van der Waals surface area contributed by atoms with E-state index < -0.39 is 0 Å². The molecular weight excluding hydrogens is 328 g/mol. The second-order valence-electron chi connectivity index (χ2n) is 8.08. The van der Waals surface area contributed by atoms with Gasteiger partial charge in [-0.3, -0.25) is 0 Å². The molecule has 138 valence electrons. The fourth-order valence-electron chi connectivity index (χ4n) is 4.50. The molecule has 0 amide bonds. The molecule has 0 spiro atoms. The third-order valence-electron chi connectivity index (χ3n) is 6.18. The molecule has 1 fully saturated rings. The van der Waals surface area contributed by atoms with Gasteiger partial charge in [-0.2, -0.15) is 0 Å². The van der Waals surface area contributed by atoms with Crippen LogP contribution in [0.3, 0.4) is 0 Å². The Labute approximate surface area is 162 Å². The van der Waals surface area contributed by atoms with Crippen molar-refractivity contribution in [3.63, 3.8) is 0 Å². The van der Waals surface area contributed by atoms with Gasteiger partial charge in [-0.25, -0.2) is 0 Å². The van der Waals surface area contributed by atoms with Crippen molar-refractivity contribution in [3.8, 4) is 16.9 Å². The summed E-state index contributed by atoms with van der Waals surface area (Å²) in [5.41, 5.74) is 8.19. The molecular formula is C26H28O. The standard InChI is InChI=1S/C26H28O/c1-18-3-5-23(6-4-18)26-16-13-24(17-19(26)2)22-9-7-20(8-10-22)21-11-14-25(27)15-12-21/h3-6,11-17,20,22,27H,7-10H2,1-2H3. The van der Waals surface area contributed by atoms with Crippen LogP contribution >= 0.6 is 0 Å². The zero-order chi connectivity index (χ0) is 18.8. The lowest BCUT2D eigenvalue weighted by Crippen LogP contribution is -2.12. The first-order chi connectivity index (χ1) is 13.1. The van der Waals surface area contributed by atoms with Crippen LogP contribution in [-0.2, 0) is 0 Å². The highest BCUT2D eigenvalue weighted by molar-refractivity contribution is 5.68. The Kier molecular flexibility index (Phi) is 5.03. The van der Waals surface area contributed by atoms with E-state index in [1.807, 2.05) is 12.1 Å². The quantitative estimate of drug-likeness (QED) is 0.530. The summed E-state index contributed by atoms with van der Waals surface area (Å²) in [6.07, 6.45) is 4.95. The molecule has 1 N–H and O–H groups in total. The van der Waals surface area contributed by atoms with Gasteiger partial charge in [0.15, 0.2) is 0 Å². The SMILES string of the molecule is Cc1ccc(-c2ccc(C3CCC(c4ccc(O)cc4)CC3)cc2C)cc1. The van der Waals surface area contributed by atoms with Crippen molar-refractivity contribution in [3.05, 3.63) is 89.0 Å². The predicted octanol–water partition coefficient (Wildman–Crippen LogP) is 7.12. The molecule has 3 aromatic carbocycles. The van der Waals surface area contributed by atoms with Crippen LogP contribution in [0.1, 0.15) is 59.8 Å². The monoisotopic (exact) mass is 356 g/mol. The molecule has 0 aromatic heterocycles. The minimum atomic E-state index is 0.358. The molecule has 1 aliphatic carbocycles.